The molecule has 0 spiro atoms. The third kappa shape index (κ3) is 9.12. The number of nitrogens with zero attached hydrogens (tertiary/aromatic N) is 3. The van der Waals surface area contributed by atoms with Gasteiger partial charge in [0.05, 0.1) is 0 Å². The number of rotatable bonds is 8. The molecule has 0 aliphatic rings. The van der Waals surface area contributed by atoms with Gasteiger partial charge in [0, 0.05) is 18.1 Å². The zero-order valence-corrected chi connectivity index (χ0v) is 16.9. The van der Waals surface area contributed by atoms with Crippen molar-refractivity contribution in [3.8, 4) is 0 Å². The van der Waals surface area contributed by atoms with E-state index in [0.29, 0.717) is 11.6 Å². The van der Waals surface area contributed by atoms with Crippen LogP contribution in [0.4, 0.5) is 9.93 Å². The smallest absolute Gasteiger partial charge is 0.408 e. The van der Waals surface area contributed by atoms with E-state index in [1.807, 2.05) is 0 Å². The summed E-state index contributed by atoms with van der Waals surface area (Å²) in [5.41, 5.74) is 6.36. The van der Waals surface area contributed by atoms with Gasteiger partial charge in [-0.05, 0) is 33.1 Å². The molecule has 156 valence electrons. The Hall–Kier alpha value is -2.96. The van der Waals surface area contributed by atoms with Crippen LogP contribution in [0.3, 0.4) is 0 Å². The Morgan fingerprint density at radius 1 is 1.46 bits per heavy atom. The summed E-state index contributed by atoms with van der Waals surface area (Å²) in [6.07, 6.45) is 1.13. The van der Waals surface area contributed by atoms with Crippen molar-refractivity contribution in [1.29, 1.82) is 0 Å². The number of nitrogens with two attached hydrogens (primary N) is 1. The predicted molar refractivity (Wildman–Crippen MR) is 104 cm³/mol. The average molecular weight is 415 g/mol. The molecule has 0 aliphatic heterocycles. The Morgan fingerprint density at radius 3 is 2.68 bits per heavy atom. The molecule has 28 heavy (non-hydrogen) atoms. The highest BCUT2D eigenvalue weighted by Crippen LogP contribution is 2.16. The zero-order valence-electron chi connectivity index (χ0n) is 16.1. The summed E-state index contributed by atoms with van der Waals surface area (Å²) in [4.78, 5) is 42.8. The number of hydrogen-bond donors (Lipinski definition) is 4. The number of amides is 2. The van der Waals surface area contributed by atoms with Crippen LogP contribution in [-0.4, -0.2) is 46.2 Å². The van der Waals surface area contributed by atoms with Crippen molar-refractivity contribution in [1.82, 2.24) is 15.7 Å². The van der Waals surface area contributed by atoms with Gasteiger partial charge >= 0.3 is 6.09 Å². The minimum atomic E-state index is -0.932. The number of anilines is 1. The number of nitro groups is 1. The minimum absolute atomic E-state index is 0.116. The molecule has 5 N–H and O–H groups in total. The maximum absolute atomic E-state index is 12.6. The third-order valence-corrected chi connectivity index (χ3v) is 3.95. The van der Waals surface area contributed by atoms with Crippen LogP contribution in [0.25, 0.3) is 0 Å². The molecule has 0 saturated carbocycles. The lowest BCUT2D eigenvalue weighted by Gasteiger charge is -2.26. The van der Waals surface area contributed by atoms with Crippen LogP contribution in [0.2, 0.25) is 0 Å². The fourth-order valence-electron chi connectivity index (χ4n) is 2.05. The number of hydrogen-bond acceptors (Lipinski definition) is 8. The van der Waals surface area contributed by atoms with Crippen LogP contribution in [0.1, 0.15) is 34.1 Å². The van der Waals surface area contributed by atoms with Crippen LogP contribution >= 0.6 is 11.3 Å². The van der Waals surface area contributed by atoms with Crippen molar-refractivity contribution in [3.63, 3.8) is 0 Å². The molecule has 1 aromatic heterocycles. The number of alkyl carbamates (subject to hydrolysis) is 1. The van der Waals surface area contributed by atoms with Gasteiger partial charge < -0.3 is 21.1 Å². The quantitative estimate of drug-likeness (QED) is 0.211. The molecule has 0 unspecified atom stereocenters. The SMILES string of the molecule is C[C@H](CCN=C(N)N[N+](=O)[O-])[C@H](NC(=O)OC(C)(C)C)C(=O)Nc1nccs1. The first-order chi connectivity index (χ1) is 13.0. The van der Waals surface area contributed by atoms with Crippen molar-refractivity contribution < 1.29 is 19.4 Å². The number of thiazole rings is 1. The number of hydrazine groups is 1. The monoisotopic (exact) mass is 415 g/mol. The van der Waals surface area contributed by atoms with E-state index in [9.17, 15) is 19.7 Å². The summed E-state index contributed by atoms with van der Waals surface area (Å²) in [7, 11) is 0. The largest absolute Gasteiger partial charge is 0.444 e. The summed E-state index contributed by atoms with van der Waals surface area (Å²) in [5.74, 6) is -1.19. The molecule has 0 radical (unpaired) electrons. The van der Waals surface area contributed by atoms with E-state index in [2.05, 4.69) is 20.6 Å². The van der Waals surface area contributed by atoms with Crippen molar-refractivity contribution in [2.45, 2.75) is 45.8 Å². The summed E-state index contributed by atoms with van der Waals surface area (Å²) in [6.45, 7) is 6.97. The molecule has 0 aliphatic carbocycles. The molecule has 12 nitrogen and oxygen atoms in total. The van der Waals surface area contributed by atoms with Gasteiger partial charge in [-0.25, -0.2) is 24.9 Å². The van der Waals surface area contributed by atoms with Crippen LogP contribution in [0.15, 0.2) is 16.6 Å². The lowest BCUT2D eigenvalue weighted by molar-refractivity contribution is -0.525. The van der Waals surface area contributed by atoms with Gasteiger partial charge in [-0.1, -0.05) is 12.3 Å². The molecule has 1 aromatic rings. The topological polar surface area (TPSA) is 174 Å². The number of aromatic nitrogens is 1. The summed E-state index contributed by atoms with van der Waals surface area (Å²) >= 11 is 1.24. The first-order valence-electron chi connectivity index (χ1n) is 8.39. The fourth-order valence-corrected chi connectivity index (χ4v) is 2.59. The maximum atomic E-state index is 12.6. The number of carbonyl (C=O) groups is 2. The van der Waals surface area contributed by atoms with Crippen molar-refractivity contribution >= 4 is 34.4 Å². The molecule has 2 amide bonds. The molecule has 1 heterocycles. The summed E-state index contributed by atoms with van der Waals surface area (Å²) < 4.78 is 5.21. The molecule has 1 rings (SSSR count). The predicted octanol–water partition coefficient (Wildman–Crippen LogP) is 1.10. The van der Waals surface area contributed by atoms with E-state index in [4.69, 9.17) is 10.5 Å². The van der Waals surface area contributed by atoms with Crippen LogP contribution in [0, 0.1) is 16.0 Å². The lowest BCUT2D eigenvalue weighted by Crippen LogP contribution is -2.49. The first-order valence-corrected chi connectivity index (χ1v) is 9.26. The second kappa shape index (κ2) is 10.4. The second-order valence-electron chi connectivity index (χ2n) is 6.85. The Morgan fingerprint density at radius 2 is 2.14 bits per heavy atom. The normalized spacial score (nSPS) is 13.9. The number of carbonyl (C=O) groups excluding carboxylic acids is 2. The van der Waals surface area contributed by atoms with E-state index < -0.39 is 28.7 Å². The highest BCUT2D eigenvalue weighted by Gasteiger charge is 2.29. The Labute approximate surface area is 166 Å². The van der Waals surface area contributed by atoms with E-state index >= 15 is 0 Å². The molecule has 0 saturated heterocycles. The Kier molecular flexibility index (Phi) is 8.57. The molecule has 0 aromatic carbocycles. The summed E-state index contributed by atoms with van der Waals surface area (Å²) in [5, 5.41) is 16.8. The highest BCUT2D eigenvalue weighted by molar-refractivity contribution is 7.13. The average Bonchev–Trinajstić information content (AvgIpc) is 3.02. The van der Waals surface area contributed by atoms with Gasteiger partial charge in [-0.15, -0.1) is 11.3 Å². The van der Waals surface area contributed by atoms with Crippen LogP contribution < -0.4 is 21.8 Å². The Balaban J connectivity index is 2.78. The van der Waals surface area contributed by atoms with Crippen molar-refractivity contribution in [2.24, 2.45) is 16.6 Å². The summed E-state index contributed by atoms with van der Waals surface area (Å²) in [6, 6.07) is -0.932. The van der Waals surface area contributed by atoms with Gasteiger partial charge in [-0.2, -0.15) is 0 Å². The first kappa shape index (κ1) is 23.1. The number of guanidine groups is 1. The highest BCUT2D eigenvalue weighted by atomic mass is 32.1. The number of aliphatic imine (C=N–C) groups is 1. The fraction of sp³-hybridized carbons (Fsp3) is 0.600. The minimum Gasteiger partial charge on any atom is -0.444 e. The van der Waals surface area contributed by atoms with Gasteiger partial charge in [0.15, 0.2) is 10.2 Å². The van der Waals surface area contributed by atoms with Gasteiger partial charge in [0.1, 0.15) is 11.6 Å². The van der Waals surface area contributed by atoms with E-state index in [0.717, 1.165) is 0 Å². The van der Waals surface area contributed by atoms with E-state index in [-0.39, 0.29) is 18.4 Å². The molecule has 0 fully saturated rings. The second-order valence-corrected chi connectivity index (χ2v) is 7.75. The molecular weight excluding hydrogens is 390 g/mol. The third-order valence-electron chi connectivity index (χ3n) is 3.26. The van der Waals surface area contributed by atoms with Crippen molar-refractivity contribution in [3.05, 3.63) is 21.7 Å². The lowest BCUT2D eigenvalue weighted by atomic mass is 9.97. The zero-order chi connectivity index (χ0) is 21.3. The molecule has 13 heteroatoms. The van der Waals surface area contributed by atoms with Crippen LogP contribution in [-0.2, 0) is 9.53 Å². The maximum Gasteiger partial charge on any atom is 0.408 e. The molecular formula is C15H25N7O5S. The van der Waals surface area contributed by atoms with Gasteiger partial charge in [0.25, 0.3) is 5.96 Å². The molecule has 2 atom stereocenters. The van der Waals surface area contributed by atoms with Crippen molar-refractivity contribution in [2.75, 3.05) is 11.9 Å². The van der Waals surface area contributed by atoms with Crippen LogP contribution in [0.5, 0.6) is 0 Å². The van der Waals surface area contributed by atoms with Gasteiger partial charge in [-0.3, -0.25) is 4.79 Å². The van der Waals surface area contributed by atoms with Gasteiger partial charge in [0.2, 0.25) is 5.91 Å². The Bertz CT molecular complexity index is 702. The molecule has 0 bridgehead atoms. The van der Waals surface area contributed by atoms with E-state index in [1.165, 1.54) is 11.3 Å². The standard InChI is InChI=1S/C15H25N7O5S/c1-9(5-6-17-12(16)21-22(25)26)10(19-14(24)27-15(2,3)4)11(23)20-13-18-7-8-28-13/h7-10H,5-6H2,1-4H3,(H,19,24)(H3,16,17,21)(H,18,20,23)/t9-,10+/m1/s1. The number of ether oxygens (including phenoxy) is 1. The number of nitrogens with one attached hydrogen (secondary N) is 3. The van der Waals surface area contributed by atoms with E-state index in [1.54, 1.807) is 44.7 Å².